The molecule has 4 aliphatic rings. The number of benzene rings is 1. The van der Waals surface area contributed by atoms with Crippen molar-refractivity contribution in [1.82, 2.24) is 15.1 Å². The van der Waals surface area contributed by atoms with E-state index in [4.69, 9.17) is 0 Å². The van der Waals surface area contributed by atoms with Crippen molar-refractivity contribution in [3.8, 4) is 0 Å². The molecule has 1 spiro atoms. The first-order chi connectivity index (χ1) is 14.7. The molecule has 3 aliphatic heterocycles. The van der Waals surface area contributed by atoms with E-state index in [-0.39, 0.29) is 11.5 Å². The van der Waals surface area contributed by atoms with E-state index in [2.05, 4.69) is 39.4 Å². The van der Waals surface area contributed by atoms with Gasteiger partial charge in [-0.3, -0.25) is 9.69 Å². The summed E-state index contributed by atoms with van der Waals surface area (Å²) in [6, 6.07) is 8.95. The Morgan fingerprint density at radius 2 is 1.77 bits per heavy atom. The second-order valence-corrected chi connectivity index (χ2v) is 10.4. The highest BCUT2D eigenvalue weighted by Crippen LogP contribution is 2.38. The number of amides is 1. The zero-order valence-electron chi connectivity index (χ0n) is 18.6. The lowest BCUT2D eigenvalue weighted by Gasteiger charge is -2.50. The van der Waals surface area contributed by atoms with Gasteiger partial charge < -0.3 is 10.2 Å². The minimum Gasteiger partial charge on any atom is -0.336 e. The van der Waals surface area contributed by atoms with Crippen molar-refractivity contribution in [1.29, 1.82) is 0 Å². The maximum atomic E-state index is 13.6. The summed E-state index contributed by atoms with van der Waals surface area (Å²) >= 11 is 0. The number of hydrogen-bond donors (Lipinski definition) is 1. The highest BCUT2D eigenvalue weighted by Gasteiger charge is 2.44. The molecular formula is C26H39N3O. The van der Waals surface area contributed by atoms with Crippen molar-refractivity contribution < 1.29 is 4.79 Å². The van der Waals surface area contributed by atoms with Gasteiger partial charge in [0, 0.05) is 31.1 Å². The van der Waals surface area contributed by atoms with E-state index in [0.717, 1.165) is 38.3 Å². The van der Waals surface area contributed by atoms with Gasteiger partial charge >= 0.3 is 0 Å². The Balaban J connectivity index is 1.45. The minimum atomic E-state index is 0.129. The summed E-state index contributed by atoms with van der Waals surface area (Å²) in [5.41, 5.74) is 2.99. The highest BCUT2D eigenvalue weighted by atomic mass is 16.2. The summed E-state index contributed by atoms with van der Waals surface area (Å²) < 4.78 is 0. The highest BCUT2D eigenvalue weighted by molar-refractivity contribution is 5.79. The predicted octanol–water partition coefficient (Wildman–Crippen LogP) is 3.99. The van der Waals surface area contributed by atoms with Crippen molar-refractivity contribution in [2.24, 2.45) is 11.8 Å². The first-order valence-corrected chi connectivity index (χ1v) is 12.5. The van der Waals surface area contributed by atoms with Crippen LogP contribution in [0, 0.1) is 11.8 Å². The number of nitrogens with zero attached hydrogens (tertiary/aromatic N) is 2. The maximum absolute atomic E-state index is 13.6. The molecular weight excluding hydrogens is 370 g/mol. The van der Waals surface area contributed by atoms with Crippen LogP contribution in [0.2, 0.25) is 0 Å². The fourth-order valence-electron chi connectivity index (χ4n) is 6.69. The molecule has 1 amide bonds. The van der Waals surface area contributed by atoms with E-state index in [1.54, 1.807) is 0 Å². The molecule has 0 bridgehead atoms. The fraction of sp³-hybridized carbons (Fsp3) is 0.731. The largest absolute Gasteiger partial charge is 0.336 e. The molecule has 0 aromatic heterocycles. The molecule has 164 valence electrons. The van der Waals surface area contributed by atoms with Crippen LogP contribution in [-0.4, -0.2) is 54.0 Å². The zero-order chi connectivity index (χ0) is 20.4. The molecule has 4 heteroatoms. The van der Waals surface area contributed by atoms with Gasteiger partial charge in [-0.1, -0.05) is 43.5 Å². The molecule has 1 aromatic rings. The summed E-state index contributed by atoms with van der Waals surface area (Å²) in [5, 5.41) is 3.53. The van der Waals surface area contributed by atoms with Crippen molar-refractivity contribution in [3.63, 3.8) is 0 Å². The van der Waals surface area contributed by atoms with Gasteiger partial charge in [-0.05, 0) is 81.6 Å². The summed E-state index contributed by atoms with van der Waals surface area (Å²) in [5.74, 6) is 1.52. The first kappa shape index (κ1) is 20.5. The molecule has 4 nitrogen and oxygen atoms in total. The molecule has 2 saturated heterocycles. The Labute approximate surface area is 182 Å². The fourth-order valence-corrected chi connectivity index (χ4v) is 6.69. The zero-order valence-corrected chi connectivity index (χ0v) is 18.6. The Kier molecular flexibility index (Phi) is 6.15. The summed E-state index contributed by atoms with van der Waals surface area (Å²) in [6.45, 7) is 6.50. The second kappa shape index (κ2) is 9.00. The lowest BCUT2D eigenvalue weighted by Crippen LogP contribution is -2.60. The van der Waals surface area contributed by atoms with Crippen molar-refractivity contribution >= 4 is 5.91 Å². The van der Waals surface area contributed by atoms with Gasteiger partial charge in [0.05, 0.1) is 0 Å². The Hall–Kier alpha value is -1.39. The third-order valence-electron chi connectivity index (χ3n) is 8.43. The lowest BCUT2D eigenvalue weighted by molar-refractivity contribution is -0.138. The number of nitrogens with one attached hydrogen (secondary N) is 1. The van der Waals surface area contributed by atoms with Gasteiger partial charge in [-0.25, -0.2) is 0 Å². The van der Waals surface area contributed by atoms with E-state index in [1.165, 1.54) is 82.3 Å². The summed E-state index contributed by atoms with van der Waals surface area (Å²) in [7, 11) is 0. The van der Waals surface area contributed by atoms with Gasteiger partial charge in [-0.2, -0.15) is 0 Å². The smallest absolute Gasteiger partial charge is 0.226 e. The number of carbonyl (C=O) groups excluding carboxylic acids is 1. The molecule has 1 unspecified atom stereocenters. The van der Waals surface area contributed by atoms with Crippen molar-refractivity contribution in [3.05, 3.63) is 35.4 Å². The normalized spacial score (nSPS) is 29.1. The third-order valence-corrected chi connectivity index (χ3v) is 8.43. The SMILES string of the molecule is O=C(C1CCCC1)N1Cc2ccccc2CC2(CCCCN2CC2CCNCC2)C1. The maximum Gasteiger partial charge on any atom is 0.226 e. The standard InChI is InChI=1S/C26H39N3O/c30-25(22-7-1-2-8-22)28-19-24-10-4-3-9-23(24)17-26(20-28)13-5-6-16-29(26)18-21-11-14-27-15-12-21/h3-4,9-10,21-22,27H,1-2,5-8,11-20H2. The van der Waals surface area contributed by atoms with Crippen molar-refractivity contribution in [2.75, 3.05) is 32.7 Å². The Morgan fingerprint density at radius 3 is 2.57 bits per heavy atom. The van der Waals surface area contributed by atoms with Gasteiger partial charge in [0.1, 0.15) is 0 Å². The Bertz CT molecular complexity index is 738. The molecule has 3 heterocycles. The van der Waals surface area contributed by atoms with E-state index >= 15 is 0 Å². The molecule has 1 aromatic carbocycles. The van der Waals surface area contributed by atoms with Crippen LogP contribution in [0.4, 0.5) is 0 Å². The number of likely N-dealkylation sites (tertiary alicyclic amines) is 1. The quantitative estimate of drug-likeness (QED) is 0.820. The van der Waals surface area contributed by atoms with Crippen LogP contribution >= 0.6 is 0 Å². The second-order valence-electron chi connectivity index (χ2n) is 10.4. The predicted molar refractivity (Wildman–Crippen MR) is 121 cm³/mol. The first-order valence-electron chi connectivity index (χ1n) is 12.5. The molecule has 3 fully saturated rings. The Morgan fingerprint density at radius 1 is 1.00 bits per heavy atom. The molecule has 0 radical (unpaired) electrons. The van der Waals surface area contributed by atoms with Crippen LogP contribution in [0.5, 0.6) is 0 Å². The molecule has 30 heavy (non-hydrogen) atoms. The average molecular weight is 410 g/mol. The van der Waals surface area contributed by atoms with Crippen molar-refractivity contribution in [2.45, 2.75) is 76.3 Å². The summed E-state index contributed by atoms with van der Waals surface area (Å²) in [4.78, 5) is 18.7. The molecule has 1 N–H and O–H groups in total. The van der Waals surface area contributed by atoms with E-state index in [0.29, 0.717) is 5.91 Å². The number of hydrogen-bond acceptors (Lipinski definition) is 3. The van der Waals surface area contributed by atoms with Crippen LogP contribution in [0.3, 0.4) is 0 Å². The van der Waals surface area contributed by atoms with Gasteiger partial charge in [0.25, 0.3) is 0 Å². The van der Waals surface area contributed by atoms with Crippen LogP contribution in [-0.2, 0) is 17.8 Å². The summed E-state index contributed by atoms with van der Waals surface area (Å²) in [6.07, 6.45) is 12.2. The van der Waals surface area contributed by atoms with E-state index in [1.807, 2.05) is 0 Å². The molecule has 5 rings (SSSR count). The van der Waals surface area contributed by atoms with Gasteiger partial charge in [0.2, 0.25) is 5.91 Å². The molecule has 1 atom stereocenters. The van der Waals surface area contributed by atoms with E-state index in [9.17, 15) is 4.79 Å². The lowest BCUT2D eigenvalue weighted by atomic mass is 9.79. The monoisotopic (exact) mass is 409 g/mol. The number of fused-ring (bicyclic) bond motifs is 1. The number of rotatable bonds is 3. The van der Waals surface area contributed by atoms with Crippen LogP contribution in [0.25, 0.3) is 0 Å². The van der Waals surface area contributed by atoms with Crippen LogP contribution < -0.4 is 5.32 Å². The van der Waals surface area contributed by atoms with Gasteiger partial charge in [0.15, 0.2) is 0 Å². The average Bonchev–Trinajstić information content (AvgIpc) is 3.26. The topological polar surface area (TPSA) is 35.6 Å². The van der Waals surface area contributed by atoms with Crippen LogP contribution in [0.15, 0.2) is 24.3 Å². The van der Waals surface area contributed by atoms with Gasteiger partial charge in [-0.15, -0.1) is 0 Å². The molecule has 1 saturated carbocycles. The minimum absolute atomic E-state index is 0.129. The molecule has 1 aliphatic carbocycles. The third kappa shape index (κ3) is 4.18. The van der Waals surface area contributed by atoms with Crippen LogP contribution in [0.1, 0.15) is 68.9 Å². The number of piperidine rings is 2. The number of carbonyl (C=O) groups is 1. The van der Waals surface area contributed by atoms with E-state index < -0.39 is 0 Å².